The van der Waals surface area contributed by atoms with E-state index >= 15 is 0 Å². The highest BCUT2D eigenvalue weighted by Gasteiger charge is 2.23. The molecule has 3 aromatic heterocycles. The average molecular weight is 609 g/mol. The molecule has 0 radical (unpaired) electrons. The highest BCUT2D eigenvalue weighted by atomic mass is 35.5. The van der Waals surface area contributed by atoms with E-state index in [0.29, 0.717) is 65.8 Å². The maximum Gasteiger partial charge on any atom is 0.261 e. The molecule has 2 aliphatic rings. The fraction of sp³-hybridized carbons (Fsp3) is 0.235. The normalized spacial score (nSPS) is 14.5. The zero-order chi connectivity index (χ0) is 30.0. The number of fused-ring (bicyclic) bond motifs is 3. The Kier molecular flexibility index (Phi) is 7.80. The Morgan fingerprint density at radius 3 is 2.55 bits per heavy atom. The Morgan fingerprint density at radius 1 is 0.909 bits per heavy atom. The van der Waals surface area contributed by atoms with Crippen molar-refractivity contribution in [2.24, 2.45) is 0 Å². The standard InChI is InChI=1S/C20H18ClFN4O2.C14H12N2/c21-12-3-4-13(15(22)10-12)18-19-14(20(27)26-5-1-2-16(26)23-19)11-17(24-18)25-6-8-28-9-7-25;1-2-5-14-10-12(6-7-13(14)4-1)11-16-9-3-8-15-16/h3-4,10-11H,1-2,5-9H2;1-10H,11H2. The number of benzene rings is 3. The number of rotatable bonds is 4. The van der Waals surface area contributed by atoms with Gasteiger partial charge in [0, 0.05) is 49.0 Å². The Bertz CT molecular complexity index is 2020. The minimum Gasteiger partial charge on any atom is -0.378 e. The van der Waals surface area contributed by atoms with Gasteiger partial charge >= 0.3 is 0 Å². The van der Waals surface area contributed by atoms with Crippen LogP contribution in [0.1, 0.15) is 17.8 Å². The highest BCUT2D eigenvalue weighted by Crippen LogP contribution is 2.32. The van der Waals surface area contributed by atoms with Crippen LogP contribution in [0, 0.1) is 5.82 Å². The maximum atomic E-state index is 14.7. The molecule has 3 aromatic carbocycles. The van der Waals surface area contributed by atoms with Crippen molar-refractivity contribution in [3.8, 4) is 11.3 Å². The molecule has 1 saturated heterocycles. The molecular weight excluding hydrogens is 579 g/mol. The molecule has 0 aliphatic carbocycles. The number of hydrogen-bond acceptors (Lipinski definition) is 6. The first-order valence-electron chi connectivity index (χ1n) is 14.7. The summed E-state index contributed by atoms with van der Waals surface area (Å²) in [5, 5.41) is 7.55. The SMILES string of the molecule is O=c1c2cc(N3CCOCC3)nc(-c3ccc(Cl)cc3F)c2nc2n1CCC2.c1ccc2cc(Cn3cccn3)ccc2c1. The van der Waals surface area contributed by atoms with Gasteiger partial charge in [0.2, 0.25) is 0 Å². The van der Waals surface area contributed by atoms with Crippen LogP contribution in [0.25, 0.3) is 32.9 Å². The maximum absolute atomic E-state index is 14.7. The van der Waals surface area contributed by atoms with E-state index in [-0.39, 0.29) is 5.56 Å². The number of ether oxygens (including phenoxy) is 1. The lowest BCUT2D eigenvalue weighted by Gasteiger charge is -2.28. The predicted molar refractivity (Wildman–Crippen MR) is 171 cm³/mol. The zero-order valence-electron chi connectivity index (χ0n) is 24.0. The first-order chi connectivity index (χ1) is 21.5. The van der Waals surface area contributed by atoms with Crippen LogP contribution in [0.2, 0.25) is 5.02 Å². The summed E-state index contributed by atoms with van der Waals surface area (Å²) >= 11 is 5.93. The molecular formula is C34H30ClFN6O2. The van der Waals surface area contributed by atoms with Gasteiger partial charge in [0.15, 0.2) is 0 Å². The summed E-state index contributed by atoms with van der Waals surface area (Å²) in [6, 6.07) is 23.1. The molecule has 5 heterocycles. The molecule has 10 heteroatoms. The number of hydrogen-bond donors (Lipinski definition) is 0. The molecule has 0 unspecified atom stereocenters. The van der Waals surface area contributed by atoms with Crippen molar-refractivity contribution in [2.75, 3.05) is 31.2 Å². The molecule has 0 N–H and O–H groups in total. The van der Waals surface area contributed by atoms with Crippen LogP contribution in [0.5, 0.6) is 0 Å². The fourth-order valence-electron chi connectivity index (χ4n) is 5.81. The van der Waals surface area contributed by atoms with Gasteiger partial charge in [-0.1, -0.05) is 48.0 Å². The van der Waals surface area contributed by atoms with E-state index in [9.17, 15) is 9.18 Å². The smallest absolute Gasteiger partial charge is 0.261 e. The number of nitrogens with zero attached hydrogens (tertiary/aromatic N) is 6. The summed E-state index contributed by atoms with van der Waals surface area (Å²) < 4.78 is 23.8. The lowest BCUT2D eigenvalue weighted by Crippen LogP contribution is -2.37. The van der Waals surface area contributed by atoms with Crippen molar-refractivity contribution >= 4 is 39.1 Å². The zero-order valence-corrected chi connectivity index (χ0v) is 24.8. The van der Waals surface area contributed by atoms with Crippen molar-refractivity contribution < 1.29 is 9.13 Å². The van der Waals surface area contributed by atoms with Gasteiger partial charge in [0.25, 0.3) is 5.56 Å². The summed E-state index contributed by atoms with van der Waals surface area (Å²) in [7, 11) is 0. The van der Waals surface area contributed by atoms with Crippen LogP contribution in [0.15, 0.2) is 90.0 Å². The first-order valence-corrected chi connectivity index (χ1v) is 15.1. The summed E-state index contributed by atoms with van der Waals surface area (Å²) in [4.78, 5) is 24.6. The lowest BCUT2D eigenvalue weighted by molar-refractivity contribution is 0.122. The van der Waals surface area contributed by atoms with Crippen LogP contribution in [-0.2, 0) is 24.2 Å². The Hall–Kier alpha value is -4.60. The first kappa shape index (κ1) is 28.2. The van der Waals surface area contributed by atoms with Crippen molar-refractivity contribution in [1.82, 2.24) is 24.3 Å². The second-order valence-corrected chi connectivity index (χ2v) is 11.4. The summed E-state index contributed by atoms with van der Waals surface area (Å²) in [5.41, 5.74) is 2.30. The molecule has 8 rings (SSSR count). The number of morpholine rings is 1. The second kappa shape index (κ2) is 12.2. The van der Waals surface area contributed by atoms with Crippen molar-refractivity contribution in [3.05, 3.63) is 118 Å². The van der Waals surface area contributed by atoms with Gasteiger partial charge in [-0.3, -0.25) is 14.0 Å². The number of anilines is 1. The Balaban J connectivity index is 0.000000165. The molecule has 8 nitrogen and oxygen atoms in total. The summed E-state index contributed by atoms with van der Waals surface area (Å²) in [6.45, 7) is 4.01. The van der Waals surface area contributed by atoms with E-state index in [4.69, 9.17) is 26.3 Å². The summed E-state index contributed by atoms with van der Waals surface area (Å²) in [6.07, 6.45) is 5.40. The predicted octanol–water partition coefficient (Wildman–Crippen LogP) is 6.12. The van der Waals surface area contributed by atoms with Gasteiger partial charge in [-0.15, -0.1) is 0 Å². The topological polar surface area (TPSA) is 78.1 Å². The molecule has 222 valence electrons. The van der Waals surface area contributed by atoms with Crippen LogP contribution in [-0.4, -0.2) is 50.6 Å². The average Bonchev–Trinajstić information content (AvgIpc) is 3.74. The van der Waals surface area contributed by atoms with Crippen molar-refractivity contribution in [2.45, 2.75) is 25.9 Å². The van der Waals surface area contributed by atoms with Crippen molar-refractivity contribution in [1.29, 1.82) is 0 Å². The van der Waals surface area contributed by atoms with Crippen LogP contribution >= 0.6 is 11.6 Å². The van der Waals surface area contributed by atoms with Crippen LogP contribution in [0.3, 0.4) is 0 Å². The lowest BCUT2D eigenvalue weighted by atomic mass is 10.1. The van der Waals surface area contributed by atoms with E-state index in [1.807, 2.05) is 16.9 Å². The van der Waals surface area contributed by atoms with Gasteiger partial charge in [0.05, 0.1) is 25.1 Å². The minimum absolute atomic E-state index is 0.0926. The molecule has 0 bridgehead atoms. The minimum atomic E-state index is -0.483. The molecule has 0 saturated carbocycles. The number of aromatic nitrogens is 5. The van der Waals surface area contributed by atoms with E-state index in [1.165, 1.54) is 22.4 Å². The van der Waals surface area contributed by atoms with E-state index in [0.717, 1.165) is 25.2 Å². The number of halogens is 2. The van der Waals surface area contributed by atoms with Gasteiger partial charge in [-0.2, -0.15) is 5.10 Å². The van der Waals surface area contributed by atoms with Gasteiger partial charge < -0.3 is 9.64 Å². The molecule has 6 aromatic rings. The van der Waals surface area contributed by atoms with Gasteiger partial charge in [0.1, 0.15) is 28.7 Å². The van der Waals surface area contributed by atoms with E-state index < -0.39 is 5.82 Å². The third-order valence-corrected chi connectivity index (χ3v) is 8.26. The highest BCUT2D eigenvalue weighted by molar-refractivity contribution is 6.30. The molecule has 0 spiro atoms. The fourth-order valence-corrected chi connectivity index (χ4v) is 5.97. The second-order valence-electron chi connectivity index (χ2n) is 10.9. The monoisotopic (exact) mass is 608 g/mol. The molecule has 0 amide bonds. The summed E-state index contributed by atoms with van der Waals surface area (Å²) in [5.74, 6) is 0.884. The van der Waals surface area contributed by atoms with Gasteiger partial charge in [-0.05, 0) is 59.2 Å². The number of aryl methyl sites for hydroxylation is 1. The largest absolute Gasteiger partial charge is 0.378 e. The van der Waals surface area contributed by atoms with Gasteiger partial charge in [-0.25, -0.2) is 14.4 Å². The van der Waals surface area contributed by atoms with E-state index in [2.05, 4.69) is 52.5 Å². The third kappa shape index (κ3) is 5.68. The number of pyridine rings is 1. The quantitative estimate of drug-likeness (QED) is 0.240. The molecule has 1 fully saturated rings. The third-order valence-electron chi connectivity index (χ3n) is 8.03. The molecule has 44 heavy (non-hydrogen) atoms. The Labute approximate surface area is 258 Å². The molecule has 2 aliphatic heterocycles. The van der Waals surface area contributed by atoms with Crippen LogP contribution < -0.4 is 10.5 Å². The molecule has 0 atom stereocenters. The Morgan fingerprint density at radius 2 is 1.75 bits per heavy atom. The van der Waals surface area contributed by atoms with Crippen molar-refractivity contribution in [3.63, 3.8) is 0 Å². The van der Waals surface area contributed by atoms with E-state index in [1.54, 1.807) is 29.0 Å². The van der Waals surface area contributed by atoms with Crippen LogP contribution in [0.4, 0.5) is 10.2 Å².